The molecule has 0 amide bonds. The standard InChI is InChI=1S/C11H13BrN4O6/c1-21-11-13-8-4(9(20)14-11)7(12)15-16(8)10-6(19)5(18)3(2-17)22-10/h3,5-6,10,17-19H,2H2,1H3,(H,13,14,20)/t3-,5-,6-,10?/m1/s1. The number of halogens is 1. The number of rotatable bonds is 3. The van der Waals surface area contributed by atoms with Crippen LogP contribution >= 0.6 is 15.9 Å². The highest BCUT2D eigenvalue weighted by Crippen LogP contribution is 2.32. The molecule has 4 atom stereocenters. The van der Waals surface area contributed by atoms with Gasteiger partial charge in [0.25, 0.3) is 11.6 Å². The summed E-state index contributed by atoms with van der Waals surface area (Å²) in [4.78, 5) is 18.5. The Morgan fingerprint density at radius 2 is 2.18 bits per heavy atom. The summed E-state index contributed by atoms with van der Waals surface area (Å²) in [5.41, 5.74) is -0.367. The normalized spacial score (nSPS) is 28.4. The van der Waals surface area contributed by atoms with Gasteiger partial charge in [-0.3, -0.25) is 9.78 Å². The van der Waals surface area contributed by atoms with Crippen molar-refractivity contribution in [3.8, 4) is 6.01 Å². The van der Waals surface area contributed by atoms with Gasteiger partial charge in [0, 0.05) is 0 Å². The Morgan fingerprint density at radius 3 is 2.77 bits per heavy atom. The lowest BCUT2D eigenvalue weighted by Crippen LogP contribution is -2.33. The fourth-order valence-electron chi connectivity index (χ4n) is 2.34. The van der Waals surface area contributed by atoms with E-state index in [0.717, 1.165) is 0 Å². The van der Waals surface area contributed by atoms with Crippen LogP contribution < -0.4 is 10.3 Å². The molecular formula is C11H13BrN4O6. The number of aliphatic hydroxyl groups excluding tert-OH is 3. The topological polar surface area (TPSA) is 143 Å². The third-order valence-electron chi connectivity index (χ3n) is 3.45. The van der Waals surface area contributed by atoms with Gasteiger partial charge >= 0.3 is 0 Å². The number of hydrogen-bond donors (Lipinski definition) is 4. The van der Waals surface area contributed by atoms with E-state index in [-0.39, 0.29) is 21.6 Å². The molecule has 1 aliphatic rings. The molecule has 10 nitrogen and oxygen atoms in total. The van der Waals surface area contributed by atoms with Gasteiger partial charge in [-0.2, -0.15) is 10.1 Å². The van der Waals surface area contributed by atoms with Crippen LogP contribution in [-0.2, 0) is 4.74 Å². The summed E-state index contributed by atoms with van der Waals surface area (Å²) in [6.07, 6.45) is -4.67. The zero-order chi connectivity index (χ0) is 16.0. The van der Waals surface area contributed by atoms with Gasteiger partial charge in [0.2, 0.25) is 0 Å². The lowest BCUT2D eigenvalue weighted by molar-refractivity contribution is -0.0568. The molecule has 11 heteroatoms. The molecule has 1 aliphatic heterocycles. The molecule has 0 aromatic carbocycles. The van der Waals surface area contributed by atoms with Crippen molar-refractivity contribution in [2.24, 2.45) is 0 Å². The average molecular weight is 377 g/mol. The largest absolute Gasteiger partial charge is 0.468 e. The van der Waals surface area contributed by atoms with E-state index in [2.05, 4.69) is 31.0 Å². The van der Waals surface area contributed by atoms with Gasteiger partial charge in [-0.1, -0.05) is 0 Å². The molecule has 22 heavy (non-hydrogen) atoms. The first kappa shape index (κ1) is 15.4. The number of nitrogens with one attached hydrogen (secondary N) is 1. The number of aromatic amines is 1. The Balaban J connectivity index is 2.16. The van der Waals surface area contributed by atoms with Gasteiger partial charge in [-0.25, -0.2) is 4.68 Å². The average Bonchev–Trinajstić information content (AvgIpc) is 2.98. The minimum Gasteiger partial charge on any atom is -0.468 e. The highest BCUT2D eigenvalue weighted by molar-refractivity contribution is 9.10. The van der Waals surface area contributed by atoms with Crippen molar-refractivity contribution < 1.29 is 24.8 Å². The molecule has 0 spiro atoms. The van der Waals surface area contributed by atoms with E-state index >= 15 is 0 Å². The van der Waals surface area contributed by atoms with E-state index < -0.39 is 36.7 Å². The molecule has 120 valence electrons. The molecule has 4 N–H and O–H groups in total. The third-order valence-corrected chi connectivity index (χ3v) is 4.00. The lowest BCUT2D eigenvalue weighted by atomic mass is 10.1. The van der Waals surface area contributed by atoms with Crippen molar-refractivity contribution in [3.63, 3.8) is 0 Å². The van der Waals surface area contributed by atoms with Gasteiger partial charge < -0.3 is 24.8 Å². The summed E-state index contributed by atoms with van der Waals surface area (Å²) in [5.74, 6) is 0. The van der Waals surface area contributed by atoms with Gasteiger partial charge in [-0.05, 0) is 15.9 Å². The smallest absolute Gasteiger partial charge is 0.298 e. The summed E-state index contributed by atoms with van der Waals surface area (Å²) in [7, 11) is 1.34. The van der Waals surface area contributed by atoms with Crippen molar-refractivity contribution in [1.29, 1.82) is 0 Å². The Labute approximate surface area is 131 Å². The Morgan fingerprint density at radius 1 is 1.45 bits per heavy atom. The minimum absolute atomic E-state index is 0.0297. The van der Waals surface area contributed by atoms with Gasteiger partial charge in [0.1, 0.15) is 28.3 Å². The van der Waals surface area contributed by atoms with E-state index in [1.165, 1.54) is 11.8 Å². The number of methoxy groups -OCH3 is 1. The van der Waals surface area contributed by atoms with Crippen LogP contribution in [0.25, 0.3) is 11.0 Å². The molecule has 3 rings (SSSR count). The molecule has 1 unspecified atom stereocenters. The molecule has 0 bridgehead atoms. The van der Waals surface area contributed by atoms with Crippen LogP contribution in [0.5, 0.6) is 6.01 Å². The molecule has 3 heterocycles. The molecule has 0 radical (unpaired) electrons. The fourth-order valence-corrected chi connectivity index (χ4v) is 2.87. The summed E-state index contributed by atoms with van der Waals surface area (Å²) < 4.78 is 11.7. The molecule has 2 aromatic heterocycles. The number of fused-ring (bicyclic) bond motifs is 1. The first-order valence-electron chi connectivity index (χ1n) is 6.32. The number of hydrogen-bond acceptors (Lipinski definition) is 8. The van der Waals surface area contributed by atoms with Crippen LogP contribution in [0.1, 0.15) is 6.23 Å². The second-order valence-electron chi connectivity index (χ2n) is 4.74. The van der Waals surface area contributed by atoms with Crippen LogP contribution in [0.15, 0.2) is 9.40 Å². The fraction of sp³-hybridized carbons (Fsp3) is 0.545. The van der Waals surface area contributed by atoms with Crippen molar-refractivity contribution >= 4 is 27.0 Å². The number of aromatic nitrogens is 4. The summed E-state index contributed by atoms with van der Waals surface area (Å²) in [6, 6.07) is -0.0297. The van der Waals surface area contributed by atoms with Crippen LogP contribution in [-0.4, -0.2) is 67.1 Å². The molecule has 2 aromatic rings. The van der Waals surface area contributed by atoms with Crippen LogP contribution in [0.4, 0.5) is 0 Å². The van der Waals surface area contributed by atoms with Gasteiger partial charge in [0.15, 0.2) is 11.9 Å². The molecule has 1 saturated heterocycles. The molecule has 1 fully saturated rings. The summed E-state index contributed by atoms with van der Waals surface area (Å²) in [6.45, 7) is -0.466. The van der Waals surface area contributed by atoms with E-state index in [1.54, 1.807) is 0 Å². The van der Waals surface area contributed by atoms with Crippen molar-refractivity contribution in [1.82, 2.24) is 19.7 Å². The first-order valence-corrected chi connectivity index (χ1v) is 7.11. The summed E-state index contributed by atoms with van der Waals surface area (Å²) >= 11 is 3.15. The van der Waals surface area contributed by atoms with Crippen molar-refractivity contribution in [3.05, 3.63) is 15.0 Å². The predicted molar refractivity (Wildman–Crippen MR) is 75.4 cm³/mol. The quantitative estimate of drug-likeness (QED) is 0.506. The van der Waals surface area contributed by atoms with E-state index in [9.17, 15) is 15.0 Å². The number of ether oxygens (including phenoxy) is 2. The van der Waals surface area contributed by atoms with Crippen LogP contribution in [0.2, 0.25) is 0 Å². The highest BCUT2D eigenvalue weighted by atomic mass is 79.9. The molecular weight excluding hydrogens is 364 g/mol. The van der Waals surface area contributed by atoms with E-state index in [0.29, 0.717) is 0 Å². The first-order chi connectivity index (χ1) is 10.5. The second-order valence-corrected chi connectivity index (χ2v) is 5.49. The monoisotopic (exact) mass is 376 g/mol. The van der Waals surface area contributed by atoms with Crippen molar-refractivity contribution in [2.75, 3.05) is 13.7 Å². The maximum absolute atomic E-state index is 12.0. The maximum atomic E-state index is 12.0. The lowest BCUT2D eigenvalue weighted by Gasteiger charge is -2.15. The van der Waals surface area contributed by atoms with Crippen LogP contribution in [0.3, 0.4) is 0 Å². The Bertz CT molecular complexity index is 761. The van der Waals surface area contributed by atoms with Crippen molar-refractivity contribution in [2.45, 2.75) is 24.5 Å². The zero-order valence-electron chi connectivity index (χ0n) is 11.3. The number of nitrogens with zero attached hydrogens (tertiary/aromatic N) is 3. The minimum atomic E-state index is -1.33. The Kier molecular flexibility index (Phi) is 3.91. The van der Waals surface area contributed by atoms with Crippen LogP contribution in [0, 0.1) is 0 Å². The van der Waals surface area contributed by atoms with Gasteiger partial charge in [0.05, 0.1) is 13.7 Å². The zero-order valence-corrected chi connectivity index (χ0v) is 12.9. The Hall–Kier alpha value is -1.53. The predicted octanol–water partition coefficient (Wildman–Crippen LogP) is -1.50. The van der Waals surface area contributed by atoms with E-state index in [1.807, 2.05) is 0 Å². The van der Waals surface area contributed by atoms with E-state index in [4.69, 9.17) is 14.6 Å². The third kappa shape index (κ3) is 2.21. The number of aliphatic hydroxyl groups is 3. The molecule has 0 saturated carbocycles. The molecule has 0 aliphatic carbocycles. The SMILES string of the molecule is COc1nc2c(c(Br)nn2C2O[C@H](CO)[C@@H](O)[C@H]2O)c(=O)[nH]1. The number of H-pyrrole nitrogens is 1. The van der Waals surface area contributed by atoms with Gasteiger partial charge in [-0.15, -0.1) is 0 Å². The summed E-state index contributed by atoms with van der Waals surface area (Å²) in [5, 5.41) is 33.3. The maximum Gasteiger partial charge on any atom is 0.298 e. The second kappa shape index (κ2) is 5.59. The highest BCUT2D eigenvalue weighted by Gasteiger charge is 2.44.